The summed E-state index contributed by atoms with van der Waals surface area (Å²) in [5.41, 5.74) is 2.70. The second-order valence-corrected chi connectivity index (χ2v) is 8.81. The van der Waals surface area contributed by atoms with E-state index in [4.69, 9.17) is 4.74 Å². The van der Waals surface area contributed by atoms with Crippen LogP contribution in [0, 0.1) is 5.82 Å². The van der Waals surface area contributed by atoms with E-state index in [1.54, 1.807) is 6.07 Å². The Balaban J connectivity index is 0.00000289. The Morgan fingerprint density at radius 1 is 1.06 bits per heavy atom. The molecule has 0 radical (unpaired) electrons. The van der Waals surface area contributed by atoms with Crippen molar-refractivity contribution in [3.05, 3.63) is 113 Å². The molecule has 4 aromatic rings. The summed E-state index contributed by atoms with van der Waals surface area (Å²) in [5, 5.41) is 15.5. The number of nitrogens with one attached hydrogen (secondary N) is 1. The summed E-state index contributed by atoms with van der Waals surface area (Å²) in [4.78, 5) is 11.5. The highest BCUT2D eigenvalue weighted by Gasteiger charge is 2.30. The molecule has 0 unspecified atom stereocenters. The molecule has 0 saturated heterocycles. The van der Waals surface area contributed by atoms with Crippen molar-refractivity contribution in [2.45, 2.75) is 31.4 Å². The van der Waals surface area contributed by atoms with Gasteiger partial charge < -0.3 is 15.2 Å². The van der Waals surface area contributed by atoms with Crippen LogP contribution in [0.5, 0.6) is 5.75 Å². The van der Waals surface area contributed by atoms with E-state index in [0.717, 1.165) is 16.9 Å². The van der Waals surface area contributed by atoms with Crippen LogP contribution < -0.4 is 10.1 Å². The van der Waals surface area contributed by atoms with Crippen LogP contribution in [-0.4, -0.2) is 23.7 Å². The summed E-state index contributed by atoms with van der Waals surface area (Å²) in [6, 6.07) is 27.0. The van der Waals surface area contributed by atoms with Crippen LogP contribution in [0.2, 0.25) is 0 Å². The molecule has 6 heteroatoms. The monoisotopic (exact) mass is 491 g/mol. The van der Waals surface area contributed by atoms with Gasteiger partial charge in [0.05, 0.1) is 5.56 Å². The lowest BCUT2D eigenvalue weighted by Gasteiger charge is -2.33. The smallest absolute Gasteiger partial charge is 0.338 e. The Bertz CT molecular complexity index is 1350. The number of aromatic carboxylic acids is 1. The first kappa shape index (κ1) is 24.7. The van der Waals surface area contributed by atoms with Gasteiger partial charge in [0.15, 0.2) is 0 Å². The third-order valence-electron chi connectivity index (χ3n) is 6.65. The molecule has 1 aliphatic heterocycles. The average molecular weight is 492 g/mol. The molecule has 1 aliphatic rings. The second-order valence-electron chi connectivity index (χ2n) is 8.81. The molecule has 0 bridgehead atoms. The molecular formula is C29H27ClFNO3. The Morgan fingerprint density at radius 2 is 1.80 bits per heavy atom. The third-order valence-corrected chi connectivity index (χ3v) is 6.65. The number of carboxylic acids is 1. The van der Waals surface area contributed by atoms with Crippen LogP contribution in [0.3, 0.4) is 0 Å². The fourth-order valence-electron chi connectivity index (χ4n) is 4.90. The number of hydrogen-bond donors (Lipinski definition) is 2. The molecule has 3 atom stereocenters. The number of rotatable bonds is 6. The highest BCUT2D eigenvalue weighted by molar-refractivity contribution is 5.88. The number of benzene rings is 4. The SMILES string of the molecule is C[C@@H](NC[C@H]1C[C@@H](c2ccc(F)c(C(=O)O)c2)c2ccccc2O1)c1cccc2ccccc12.Cl. The fraction of sp³-hybridized carbons (Fsp3) is 0.207. The number of fused-ring (bicyclic) bond motifs is 2. The second kappa shape index (κ2) is 10.5. The molecule has 5 rings (SSSR count). The number of halogens is 2. The van der Waals surface area contributed by atoms with Crippen molar-refractivity contribution < 1.29 is 19.0 Å². The van der Waals surface area contributed by atoms with Gasteiger partial charge >= 0.3 is 5.97 Å². The molecule has 4 aromatic carbocycles. The first-order valence-corrected chi connectivity index (χ1v) is 11.5. The Kier molecular flexibility index (Phi) is 7.39. The maximum absolute atomic E-state index is 14.0. The van der Waals surface area contributed by atoms with Gasteiger partial charge in [0.25, 0.3) is 0 Å². The van der Waals surface area contributed by atoms with Crippen molar-refractivity contribution >= 4 is 29.1 Å². The van der Waals surface area contributed by atoms with Gasteiger partial charge in [-0.2, -0.15) is 0 Å². The molecule has 1 heterocycles. The molecule has 35 heavy (non-hydrogen) atoms. The average Bonchev–Trinajstić information content (AvgIpc) is 2.86. The summed E-state index contributed by atoms with van der Waals surface area (Å²) < 4.78 is 20.3. The molecule has 0 aliphatic carbocycles. The van der Waals surface area contributed by atoms with Gasteiger partial charge in [-0.25, -0.2) is 9.18 Å². The van der Waals surface area contributed by atoms with E-state index in [1.165, 1.54) is 28.5 Å². The lowest BCUT2D eigenvalue weighted by atomic mass is 9.83. The maximum Gasteiger partial charge on any atom is 0.338 e. The molecule has 2 N–H and O–H groups in total. The fourth-order valence-corrected chi connectivity index (χ4v) is 4.90. The van der Waals surface area contributed by atoms with Gasteiger partial charge in [-0.05, 0) is 53.4 Å². The molecule has 0 saturated carbocycles. The largest absolute Gasteiger partial charge is 0.489 e. The van der Waals surface area contributed by atoms with Crippen LogP contribution in [0.15, 0.2) is 84.9 Å². The van der Waals surface area contributed by atoms with Gasteiger partial charge in [-0.3, -0.25) is 0 Å². The predicted molar refractivity (Wildman–Crippen MR) is 138 cm³/mol. The molecule has 0 amide bonds. The molecule has 180 valence electrons. The summed E-state index contributed by atoms with van der Waals surface area (Å²) in [7, 11) is 0. The van der Waals surface area contributed by atoms with Crippen LogP contribution in [0.4, 0.5) is 4.39 Å². The van der Waals surface area contributed by atoms with Crippen molar-refractivity contribution in [3.63, 3.8) is 0 Å². The van der Waals surface area contributed by atoms with E-state index >= 15 is 0 Å². The highest BCUT2D eigenvalue weighted by atomic mass is 35.5. The number of carbonyl (C=O) groups is 1. The summed E-state index contributed by atoms with van der Waals surface area (Å²) in [6.45, 7) is 2.78. The summed E-state index contributed by atoms with van der Waals surface area (Å²) in [5.74, 6) is -1.28. The zero-order chi connectivity index (χ0) is 23.7. The van der Waals surface area contributed by atoms with Crippen molar-refractivity contribution in [1.82, 2.24) is 5.32 Å². The van der Waals surface area contributed by atoms with Gasteiger partial charge in [0.2, 0.25) is 0 Å². The van der Waals surface area contributed by atoms with Crippen molar-refractivity contribution in [3.8, 4) is 5.75 Å². The molecular weight excluding hydrogens is 465 g/mol. The standard InChI is InChI=1S/C29H26FNO3.ClH/c1-18(22-11-6-8-19-7-2-3-9-23(19)22)31-17-21-16-25(24-10-4-5-12-28(24)34-21)20-13-14-27(30)26(15-20)29(32)33;/h2-15,18,21,25,31H,16-17H2,1H3,(H,32,33);1H/t18-,21-,25+;/m1./s1. The quantitative estimate of drug-likeness (QED) is 0.314. The van der Waals surface area contributed by atoms with Crippen LogP contribution in [-0.2, 0) is 0 Å². The van der Waals surface area contributed by atoms with Crippen molar-refractivity contribution in [2.75, 3.05) is 6.54 Å². The summed E-state index contributed by atoms with van der Waals surface area (Å²) >= 11 is 0. The zero-order valence-electron chi connectivity index (χ0n) is 19.3. The van der Waals surface area contributed by atoms with E-state index in [9.17, 15) is 14.3 Å². The molecule has 0 spiro atoms. The van der Waals surface area contributed by atoms with E-state index in [2.05, 4.69) is 48.6 Å². The van der Waals surface area contributed by atoms with E-state index in [1.807, 2.05) is 30.3 Å². The van der Waals surface area contributed by atoms with Crippen LogP contribution in [0.25, 0.3) is 10.8 Å². The van der Waals surface area contributed by atoms with Crippen molar-refractivity contribution in [2.24, 2.45) is 0 Å². The molecule has 0 fully saturated rings. The minimum absolute atomic E-state index is 0. The topological polar surface area (TPSA) is 58.6 Å². The Labute approximate surface area is 210 Å². The third kappa shape index (κ3) is 5.02. The lowest BCUT2D eigenvalue weighted by Crippen LogP contribution is -2.37. The lowest BCUT2D eigenvalue weighted by molar-refractivity contribution is 0.0691. The summed E-state index contributed by atoms with van der Waals surface area (Å²) in [6.07, 6.45) is 0.549. The Hall–Kier alpha value is -3.41. The van der Waals surface area contributed by atoms with Gasteiger partial charge in [0.1, 0.15) is 17.7 Å². The van der Waals surface area contributed by atoms with Crippen LogP contribution >= 0.6 is 12.4 Å². The predicted octanol–water partition coefficient (Wildman–Crippen LogP) is 6.73. The van der Waals surface area contributed by atoms with Crippen molar-refractivity contribution in [1.29, 1.82) is 0 Å². The number of ether oxygens (including phenoxy) is 1. The first-order chi connectivity index (χ1) is 16.5. The minimum atomic E-state index is -1.26. The number of carboxylic acid groups (broad SMARTS) is 1. The van der Waals surface area contributed by atoms with E-state index < -0.39 is 11.8 Å². The normalized spacial score (nSPS) is 17.7. The number of para-hydroxylation sites is 1. The van der Waals surface area contributed by atoms with Gasteiger partial charge in [0, 0.05) is 24.1 Å². The minimum Gasteiger partial charge on any atom is -0.489 e. The zero-order valence-corrected chi connectivity index (χ0v) is 20.1. The first-order valence-electron chi connectivity index (χ1n) is 11.5. The van der Waals surface area contributed by atoms with Gasteiger partial charge in [-0.15, -0.1) is 12.4 Å². The highest BCUT2D eigenvalue weighted by Crippen LogP contribution is 2.40. The number of hydrogen-bond acceptors (Lipinski definition) is 3. The Morgan fingerprint density at radius 3 is 2.63 bits per heavy atom. The van der Waals surface area contributed by atoms with Crippen LogP contribution in [0.1, 0.15) is 52.4 Å². The molecule has 0 aromatic heterocycles. The van der Waals surface area contributed by atoms with E-state index in [-0.39, 0.29) is 36.0 Å². The maximum atomic E-state index is 14.0. The molecule has 4 nitrogen and oxygen atoms in total. The van der Waals surface area contributed by atoms with E-state index in [0.29, 0.717) is 13.0 Å². The van der Waals surface area contributed by atoms with Gasteiger partial charge in [-0.1, -0.05) is 66.7 Å².